The van der Waals surface area contributed by atoms with Crippen molar-refractivity contribution in [1.29, 1.82) is 0 Å². The van der Waals surface area contributed by atoms with Gasteiger partial charge >= 0.3 is 0 Å². The van der Waals surface area contributed by atoms with E-state index in [1.165, 1.54) is 0 Å². The van der Waals surface area contributed by atoms with E-state index in [-0.39, 0.29) is 17.5 Å². The molecule has 0 unspecified atom stereocenters. The van der Waals surface area contributed by atoms with Gasteiger partial charge in [0.25, 0.3) is 0 Å². The van der Waals surface area contributed by atoms with E-state index < -0.39 is 28.8 Å². The number of hydrogen-bond acceptors (Lipinski definition) is 5. The summed E-state index contributed by atoms with van der Waals surface area (Å²) in [6, 6.07) is 18.3. The lowest BCUT2D eigenvalue weighted by atomic mass is 9.63. The van der Waals surface area contributed by atoms with Crippen molar-refractivity contribution >= 4 is 46.5 Å². The Morgan fingerprint density at radius 1 is 1.03 bits per heavy atom. The molecule has 4 atom stereocenters. The van der Waals surface area contributed by atoms with E-state index in [9.17, 15) is 14.4 Å². The highest BCUT2D eigenvalue weighted by Gasteiger charge is 2.70. The average Bonchev–Trinajstić information content (AvgIpc) is 3.40. The summed E-state index contributed by atoms with van der Waals surface area (Å²) in [6.45, 7) is 5.57. The molecule has 7 heteroatoms. The average molecular weight is 541 g/mol. The summed E-state index contributed by atoms with van der Waals surface area (Å²) in [4.78, 5) is 45.3. The van der Waals surface area contributed by atoms with Gasteiger partial charge in [0.2, 0.25) is 5.91 Å². The second kappa shape index (κ2) is 8.82. The molecule has 3 heterocycles. The van der Waals surface area contributed by atoms with Crippen LogP contribution in [0.3, 0.4) is 0 Å². The zero-order valence-electron chi connectivity index (χ0n) is 22.2. The Labute approximate surface area is 232 Å². The number of para-hydroxylation sites is 1. The van der Waals surface area contributed by atoms with E-state index in [0.29, 0.717) is 22.0 Å². The number of Topliss-reactive ketones (excluding diaryl/α,β-unsaturated/α-hetero) is 2. The number of rotatable bonds is 4. The summed E-state index contributed by atoms with van der Waals surface area (Å²) in [5.41, 5.74) is 1.34. The minimum atomic E-state index is -1.33. The highest BCUT2D eigenvalue weighted by molar-refractivity contribution is 6.30. The maximum absolute atomic E-state index is 14.6. The number of benzene rings is 3. The molecule has 0 radical (unpaired) electrons. The molecule has 6 nitrogen and oxygen atoms in total. The van der Waals surface area contributed by atoms with Crippen LogP contribution in [0.15, 0.2) is 72.8 Å². The van der Waals surface area contributed by atoms with Gasteiger partial charge in [-0.1, -0.05) is 62.7 Å². The normalized spacial score (nSPS) is 24.7. The number of hydrogen-bond donors (Lipinski definition) is 1. The first kappa shape index (κ1) is 25.4. The van der Waals surface area contributed by atoms with Crippen molar-refractivity contribution in [1.82, 2.24) is 0 Å². The first-order chi connectivity index (χ1) is 18.6. The smallest absolute Gasteiger partial charge is 0.238 e. The van der Waals surface area contributed by atoms with Crippen molar-refractivity contribution < 1.29 is 19.1 Å². The summed E-state index contributed by atoms with van der Waals surface area (Å²) in [5.74, 6) is -0.958. The molecule has 0 saturated carbocycles. The number of anilines is 2. The molecule has 1 saturated heterocycles. The summed E-state index contributed by atoms with van der Waals surface area (Å²) in [7, 11) is 1.61. The Kier molecular flexibility index (Phi) is 5.74. The summed E-state index contributed by atoms with van der Waals surface area (Å²) >= 11 is 6.15. The molecule has 198 valence electrons. The number of nitrogens with zero attached hydrogens (tertiary/aromatic N) is 1. The Morgan fingerprint density at radius 3 is 2.44 bits per heavy atom. The van der Waals surface area contributed by atoms with Crippen molar-refractivity contribution in [3.63, 3.8) is 0 Å². The first-order valence-corrected chi connectivity index (χ1v) is 13.4. The summed E-state index contributed by atoms with van der Waals surface area (Å²) < 4.78 is 5.46. The van der Waals surface area contributed by atoms with Gasteiger partial charge in [0.1, 0.15) is 17.2 Å². The third kappa shape index (κ3) is 3.58. The highest BCUT2D eigenvalue weighted by Crippen LogP contribution is 2.58. The fourth-order valence-electron chi connectivity index (χ4n) is 6.52. The molecule has 39 heavy (non-hydrogen) atoms. The second-order valence-corrected chi connectivity index (χ2v) is 11.8. The quantitative estimate of drug-likeness (QED) is 0.415. The SMILES string of the molecule is COc1ccc2c(c1)C=C[C@@H]1N2[C@H](C(=O)C(C)(C)C)[C@H](C(=O)c2ccc(Cl)cc2)[C@]12C(=O)Nc1ccccc12. The number of methoxy groups -OCH3 is 1. The van der Waals surface area contributed by atoms with Gasteiger partial charge in [-0.2, -0.15) is 0 Å². The van der Waals surface area contributed by atoms with E-state index in [1.54, 1.807) is 31.4 Å². The van der Waals surface area contributed by atoms with Crippen molar-refractivity contribution in [2.45, 2.75) is 38.3 Å². The molecular formula is C32H29ClN2O4. The van der Waals surface area contributed by atoms with Crippen LogP contribution in [0.25, 0.3) is 6.08 Å². The molecular weight excluding hydrogens is 512 g/mol. The van der Waals surface area contributed by atoms with Gasteiger partial charge in [-0.3, -0.25) is 14.4 Å². The molecule has 0 bridgehead atoms. The Morgan fingerprint density at radius 2 is 1.74 bits per heavy atom. The van der Waals surface area contributed by atoms with Crippen LogP contribution >= 0.6 is 11.6 Å². The summed E-state index contributed by atoms with van der Waals surface area (Å²) in [6.07, 6.45) is 3.92. The van der Waals surface area contributed by atoms with Crippen LogP contribution in [-0.2, 0) is 15.0 Å². The Hall–Kier alpha value is -3.90. The number of carbonyl (C=O) groups is 3. The van der Waals surface area contributed by atoms with Gasteiger partial charge in [-0.05, 0) is 54.1 Å². The van der Waals surface area contributed by atoms with Gasteiger partial charge < -0.3 is 15.0 Å². The maximum atomic E-state index is 14.6. The van der Waals surface area contributed by atoms with Gasteiger partial charge in [0, 0.05) is 32.9 Å². The van der Waals surface area contributed by atoms with Gasteiger partial charge in [0.15, 0.2) is 11.6 Å². The van der Waals surface area contributed by atoms with E-state index in [4.69, 9.17) is 16.3 Å². The molecule has 1 fully saturated rings. The molecule has 3 aromatic rings. The van der Waals surface area contributed by atoms with Gasteiger partial charge in [0.05, 0.1) is 19.1 Å². The molecule has 6 rings (SSSR count). The van der Waals surface area contributed by atoms with Crippen molar-refractivity contribution in [3.05, 3.63) is 94.5 Å². The maximum Gasteiger partial charge on any atom is 0.238 e. The number of halogens is 1. The van der Waals surface area contributed by atoms with Crippen LogP contribution in [0.4, 0.5) is 11.4 Å². The van der Waals surface area contributed by atoms with Crippen molar-refractivity contribution in [2.24, 2.45) is 11.3 Å². The lowest BCUT2D eigenvalue weighted by molar-refractivity contribution is -0.128. The third-order valence-corrected chi connectivity index (χ3v) is 8.51. The van der Waals surface area contributed by atoms with Gasteiger partial charge in [-0.25, -0.2) is 0 Å². The second-order valence-electron chi connectivity index (χ2n) is 11.4. The van der Waals surface area contributed by atoms with Crippen LogP contribution in [-0.4, -0.2) is 36.7 Å². The minimum absolute atomic E-state index is 0.106. The number of carbonyl (C=O) groups excluding carboxylic acids is 3. The van der Waals surface area contributed by atoms with E-state index in [2.05, 4.69) is 5.32 Å². The molecule has 3 aliphatic rings. The molecule has 3 aromatic carbocycles. The summed E-state index contributed by atoms with van der Waals surface area (Å²) in [5, 5.41) is 3.55. The van der Waals surface area contributed by atoms with Crippen molar-refractivity contribution in [2.75, 3.05) is 17.3 Å². The van der Waals surface area contributed by atoms with Crippen LogP contribution in [0, 0.1) is 11.3 Å². The molecule has 1 spiro atoms. The Balaban J connectivity index is 1.67. The van der Waals surface area contributed by atoms with Crippen LogP contribution in [0.1, 0.15) is 42.3 Å². The molecule has 3 aliphatic heterocycles. The molecule has 0 aromatic heterocycles. The fraction of sp³-hybridized carbons (Fsp3) is 0.281. The third-order valence-electron chi connectivity index (χ3n) is 8.26. The zero-order valence-corrected chi connectivity index (χ0v) is 23.0. The molecule has 1 N–H and O–H groups in total. The first-order valence-electron chi connectivity index (χ1n) is 13.0. The predicted molar refractivity (Wildman–Crippen MR) is 153 cm³/mol. The van der Waals surface area contributed by atoms with Crippen molar-refractivity contribution in [3.8, 4) is 5.75 Å². The number of fused-ring (bicyclic) bond motifs is 6. The monoisotopic (exact) mass is 540 g/mol. The van der Waals surface area contributed by atoms with Gasteiger partial charge in [-0.15, -0.1) is 0 Å². The number of ketones is 2. The van der Waals surface area contributed by atoms with Crippen LogP contribution in [0.2, 0.25) is 5.02 Å². The Bertz CT molecular complexity index is 1560. The zero-order chi connectivity index (χ0) is 27.7. The number of nitrogens with one attached hydrogen (secondary N) is 1. The topological polar surface area (TPSA) is 75.7 Å². The lowest BCUT2D eigenvalue weighted by Crippen LogP contribution is -2.51. The number of amides is 1. The van der Waals surface area contributed by atoms with Crippen LogP contribution in [0.5, 0.6) is 5.75 Å². The molecule has 1 amide bonds. The largest absolute Gasteiger partial charge is 0.497 e. The fourth-order valence-corrected chi connectivity index (χ4v) is 6.65. The minimum Gasteiger partial charge on any atom is -0.497 e. The molecule has 0 aliphatic carbocycles. The standard InChI is InChI=1S/C32H29ClN2O4/c1-31(2,3)29(37)27-26(28(36)18-9-12-20(33)13-10-18)32(22-7-5-6-8-23(22)34-30(32)38)25-16-11-19-17-21(39-4)14-15-24(19)35(25)27/h5-17,25-27H,1-4H3,(H,34,38)/t25-,26+,27-,32+/m0/s1. The van der Waals surface area contributed by atoms with Crippen LogP contribution < -0.4 is 15.0 Å². The van der Waals surface area contributed by atoms with E-state index >= 15 is 0 Å². The van der Waals surface area contributed by atoms with E-state index in [0.717, 1.165) is 16.8 Å². The van der Waals surface area contributed by atoms with E-state index in [1.807, 2.05) is 80.3 Å². The predicted octanol–water partition coefficient (Wildman–Crippen LogP) is 5.94. The number of ether oxygens (including phenoxy) is 1. The highest BCUT2D eigenvalue weighted by atomic mass is 35.5. The lowest BCUT2D eigenvalue weighted by Gasteiger charge is -2.38.